The Morgan fingerprint density at radius 2 is 1.27 bits per heavy atom. The third-order valence-electron chi connectivity index (χ3n) is 6.03. The highest BCUT2D eigenvalue weighted by Crippen LogP contribution is 2.41. The van der Waals surface area contributed by atoms with Crippen LogP contribution in [0.15, 0.2) is 84.9 Å². The standard InChI is InChI=1S/C27H31NO2/c1-21(22-15-17-25(29-2)18-16-22)30-27(24-13-7-4-8-14-24)26(28-19-9-10-20-28)23-11-5-3-6-12-23/h3-8,11-18,21,26-27H,9-10,19-20H2,1-2H3/t21-,26-,27-/m1/s1. The monoisotopic (exact) mass is 401 g/mol. The van der Waals surface area contributed by atoms with Gasteiger partial charge in [0.2, 0.25) is 0 Å². The molecule has 4 rings (SSSR count). The van der Waals surface area contributed by atoms with E-state index < -0.39 is 0 Å². The normalized spacial score (nSPS) is 17.4. The van der Waals surface area contributed by atoms with Crippen molar-refractivity contribution >= 4 is 0 Å². The van der Waals surface area contributed by atoms with Crippen molar-refractivity contribution in [1.29, 1.82) is 0 Å². The minimum atomic E-state index is -0.0520. The van der Waals surface area contributed by atoms with Gasteiger partial charge in [-0.1, -0.05) is 72.8 Å². The van der Waals surface area contributed by atoms with Crippen LogP contribution in [0.4, 0.5) is 0 Å². The van der Waals surface area contributed by atoms with Crippen molar-refractivity contribution < 1.29 is 9.47 Å². The Morgan fingerprint density at radius 3 is 1.83 bits per heavy atom. The van der Waals surface area contributed by atoms with Gasteiger partial charge in [0.15, 0.2) is 0 Å². The summed E-state index contributed by atoms with van der Waals surface area (Å²) in [5, 5.41) is 0. The molecule has 0 unspecified atom stereocenters. The summed E-state index contributed by atoms with van der Waals surface area (Å²) < 4.78 is 12.2. The third kappa shape index (κ3) is 4.75. The Balaban J connectivity index is 1.68. The van der Waals surface area contributed by atoms with Crippen molar-refractivity contribution in [3.05, 3.63) is 102 Å². The van der Waals surface area contributed by atoms with Gasteiger partial charge in [-0.05, 0) is 61.7 Å². The van der Waals surface area contributed by atoms with Gasteiger partial charge in [-0.3, -0.25) is 4.90 Å². The summed E-state index contributed by atoms with van der Waals surface area (Å²) in [6, 6.07) is 29.9. The lowest BCUT2D eigenvalue weighted by Crippen LogP contribution is -2.32. The Hall–Kier alpha value is -2.62. The summed E-state index contributed by atoms with van der Waals surface area (Å²) in [5.41, 5.74) is 3.69. The van der Waals surface area contributed by atoms with Crippen molar-refractivity contribution in [1.82, 2.24) is 4.90 Å². The number of hydrogen-bond donors (Lipinski definition) is 0. The van der Waals surface area contributed by atoms with E-state index in [0.29, 0.717) is 0 Å². The maximum absolute atomic E-state index is 6.84. The number of hydrogen-bond acceptors (Lipinski definition) is 3. The average molecular weight is 402 g/mol. The lowest BCUT2D eigenvalue weighted by molar-refractivity contribution is -0.0537. The number of methoxy groups -OCH3 is 1. The van der Waals surface area contributed by atoms with Gasteiger partial charge in [0.05, 0.1) is 19.3 Å². The molecule has 0 saturated carbocycles. The van der Waals surface area contributed by atoms with Crippen LogP contribution in [0.1, 0.15) is 54.7 Å². The van der Waals surface area contributed by atoms with Gasteiger partial charge in [-0.25, -0.2) is 0 Å². The zero-order valence-corrected chi connectivity index (χ0v) is 17.9. The molecule has 0 amide bonds. The van der Waals surface area contributed by atoms with Crippen LogP contribution < -0.4 is 4.74 Å². The van der Waals surface area contributed by atoms with E-state index in [1.54, 1.807) is 7.11 Å². The van der Waals surface area contributed by atoms with Crippen LogP contribution >= 0.6 is 0 Å². The molecule has 1 saturated heterocycles. The van der Waals surface area contributed by atoms with Gasteiger partial charge in [-0.2, -0.15) is 0 Å². The predicted octanol–water partition coefficient (Wildman–Crippen LogP) is 6.35. The van der Waals surface area contributed by atoms with Crippen molar-refractivity contribution in [2.45, 2.75) is 38.0 Å². The van der Waals surface area contributed by atoms with Gasteiger partial charge in [-0.15, -0.1) is 0 Å². The van der Waals surface area contributed by atoms with E-state index in [1.165, 1.54) is 24.0 Å². The first-order valence-corrected chi connectivity index (χ1v) is 10.9. The smallest absolute Gasteiger partial charge is 0.118 e. The molecule has 3 aromatic carbocycles. The Morgan fingerprint density at radius 1 is 0.700 bits per heavy atom. The van der Waals surface area contributed by atoms with E-state index in [2.05, 4.69) is 84.6 Å². The Bertz CT molecular complexity index is 889. The second kappa shape index (κ2) is 9.92. The third-order valence-corrected chi connectivity index (χ3v) is 6.03. The van der Waals surface area contributed by atoms with Crippen molar-refractivity contribution in [2.24, 2.45) is 0 Å². The summed E-state index contributed by atoms with van der Waals surface area (Å²) in [6.07, 6.45) is 2.41. The van der Waals surface area contributed by atoms with Crippen LogP contribution in [0.5, 0.6) is 5.75 Å². The zero-order chi connectivity index (χ0) is 20.8. The maximum Gasteiger partial charge on any atom is 0.118 e. The number of nitrogens with zero attached hydrogens (tertiary/aromatic N) is 1. The summed E-state index contributed by atoms with van der Waals surface area (Å²) in [5.74, 6) is 0.866. The molecule has 0 aliphatic carbocycles. The van der Waals surface area contributed by atoms with Gasteiger partial charge in [0.1, 0.15) is 11.9 Å². The number of likely N-dealkylation sites (tertiary alicyclic amines) is 1. The highest BCUT2D eigenvalue weighted by molar-refractivity contribution is 5.30. The van der Waals surface area contributed by atoms with Gasteiger partial charge < -0.3 is 9.47 Å². The molecule has 1 aliphatic rings. The van der Waals surface area contributed by atoms with E-state index in [-0.39, 0.29) is 18.2 Å². The molecule has 3 nitrogen and oxygen atoms in total. The molecule has 156 valence electrons. The van der Waals surface area contributed by atoms with Crippen LogP contribution in [0, 0.1) is 0 Å². The summed E-state index contributed by atoms with van der Waals surface area (Å²) in [7, 11) is 1.70. The van der Waals surface area contributed by atoms with E-state index in [9.17, 15) is 0 Å². The van der Waals surface area contributed by atoms with E-state index >= 15 is 0 Å². The molecule has 3 aromatic rings. The molecule has 1 fully saturated rings. The van der Waals surface area contributed by atoms with E-state index in [0.717, 1.165) is 24.4 Å². The summed E-state index contributed by atoms with van der Waals surface area (Å²) >= 11 is 0. The van der Waals surface area contributed by atoms with Crippen LogP contribution in [-0.2, 0) is 4.74 Å². The number of rotatable bonds is 8. The zero-order valence-electron chi connectivity index (χ0n) is 17.9. The fourth-order valence-electron chi connectivity index (χ4n) is 4.40. The van der Waals surface area contributed by atoms with Crippen LogP contribution in [0.2, 0.25) is 0 Å². The van der Waals surface area contributed by atoms with Gasteiger partial charge in [0, 0.05) is 0 Å². The van der Waals surface area contributed by atoms with Gasteiger partial charge >= 0.3 is 0 Å². The first-order chi connectivity index (χ1) is 14.8. The molecule has 1 heterocycles. The van der Waals surface area contributed by atoms with Gasteiger partial charge in [0.25, 0.3) is 0 Å². The lowest BCUT2D eigenvalue weighted by atomic mass is 9.94. The minimum Gasteiger partial charge on any atom is -0.497 e. The number of benzene rings is 3. The second-order valence-electron chi connectivity index (χ2n) is 7.98. The predicted molar refractivity (Wildman–Crippen MR) is 122 cm³/mol. The van der Waals surface area contributed by atoms with Crippen molar-refractivity contribution in [3.8, 4) is 5.75 Å². The maximum atomic E-state index is 6.84. The molecule has 1 aliphatic heterocycles. The first-order valence-electron chi connectivity index (χ1n) is 10.9. The van der Waals surface area contributed by atoms with Crippen LogP contribution in [0.25, 0.3) is 0 Å². The lowest BCUT2D eigenvalue weighted by Gasteiger charge is -2.36. The molecule has 0 spiro atoms. The SMILES string of the molecule is COc1ccc([C@@H](C)O[C@H](c2ccccc2)[C@@H](c2ccccc2)N2CCCC2)cc1. The van der Waals surface area contributed by atoms with Crippen LogP contribution in [-0.4, -0.2) is 25.1 Å². The fourth-order valence-corrected chi connectivity index (χ4v) is 4.40. The molecular formula is C27H31NO2. The van der Waals surface area contributed by atoms with E-state index in [4.69, 9.17) is 9.47 Å². The minimum absolute atomic E-state index is 0.0325. The Kier molecular flexibility index (Phi) is 6.83. The van der Waals surface area contributed by atoms with Crippen molar-refractivity contribution in [3.63, 3.8) is 0 Å². The van der Waals surface area contributed by atoms with Crippen LogP contribution in [0.3, 0.4) is 0 Å². The highest BCUT2D eigenvalue weighted by Gasteiger charge is 2.33. The topological polar surface area (TPSA) is 21.7 Å². The molecule has 0 aromatic heterocycles. The highest BCUT2D eigenvalue weighted by atomic mass is 16.5. The Labute approximate surface area is 180 Å². The molecule has 3 heteroatoms. The summed E-state index contributed by atoms with van der Waals surface area (Å²) in [4.78, 5) is 2.59. The molecule has 3 atom stereocenters. The quantitative estimate of drug-likeness (QED) is 0.439. The molecule has 0 radical (unpaired) electrons. The fraction of sp³-hybridized carbons (Fsp3) is 0.333. The van der Waals surface area contributed by atoms with Crippen molar-refractivity contribution in [2.75, 3.05) is 20.2 Å². The average Bonchev–Trinajstić information content (AvgIpc) is 3.34. The second-order valence-corrected chi connectivity index (χ2v) is 7.98. The molecule has 0 N–H and O–H groups in total. The largest absolute Gasteiger partial charge is 0.497 e. The summed E-state index contributed by atoms with van der Waals surface area (Å²) in [6.45, 7) is 4.37. The molecular weight excluding hydrogens is 370 g/mol. The molecule has 30 heavy (non-hydrogen) atoms. The number of ether oxygens (including phenoxy) is 2. The van der Waals surface area contributed by atoms with E-state index in [1.807, 2.05) is 12.1 Å². The first kappa shape index (κ1) is 20.6. The molecule has 0 bridgehead atoms.